The first-order valence-corrected chi connectivity index (χ1v) is 4.92. The van der Waals surface area contributed by atoms with Gasteiger partial charge in [-0.15, -0.1) is 0 Å². The first-order valence-electron chi connectivity index (χ1n) is 4.54. The molecule has 0 aliphatic rings. The number of carbonyl (C=O) groups excluding carboxylic acids is 1. The fourth-order valence-electron chi connectivity index (χ4n) is 1.36. The molecule has 0 aliphatic carbocycles. The molecule has 0 aliphatic heterocycles. The summed E-state index contributed by atoms with van der Waals surface area (Å²) in [6.07, 6.45) is 2.67. The summed E-state index contributed by atoms with van der Waals surface area (Å²) in [5, 5.41) is 0.441. The number of methoxy groups -OCH3 is 1. The van der Waals surface area contributed by atoms with E-state index in [9.17, 15) is 4.79 Å². The van der Waals surface area contributed by atoms with E-state index in [0.29, 0.717) is 10.6 Å². The van der Waals surface area contributed by atoms with Gasteiger partial charge in [0.05, 0.1) is 12.1 Å². The van der Waals surface area contributed by atoms with E-state index in [1.165, 1.54) is 0 Å². The number of benzene rings is 1. The van der Waals surface area contributed by atoms with Crippen molar-refractivity contribution < 1.29 is 9.53 Å². The van der Waals surface area contributed by atoms with E-state index in [0.717, 1.165) is 30.4 Å². The quantitative estimate of drug-likeness (QED) is 0.717. The van der Waals surface area contributed by atoms with Crippen molar-refractivity contribution in [1.82, 2.24) is 0 Å². The van der Waals surface area contributed by atoms with Crippen molar-refractivity contribution in [3.05, 3.63) is 28.3 Å². The van der Waals surface area contributed by atoms with Gasteiger partial charge >= 0.3 is 0 Å². The second-order valence-electron chi connectivity index (χ2n) is 3.05. The zero-order valence-electron chi connectivity index (χ0n) is 8.34. The molecule has 0 spiro atoms. The van der Waals surface area contributed by atoms with Crippen molar-refractivity contribution in [3.8, 4) is 5.75 Å². The van der Waals surface area contributed by atoms with Gasteiger partial charge in [0, 0.05) is 5.56 Å². The van der Waals surface area contributed by atoms with E-state index >= 15 is 0 Å². The Morgan fingerprint density at radius 1 is 1.50 bits per heavy atom. The molecule has 1 rings (SSSR count). The van der Waals surface area contributed by atoms with Crippen molar-refractivity contribution in [2.75, 3.05) is 7.11 Å². The lowest BCUT2D eigenvalue weighted by Gasteiger charge is -2.09. The maximum atomic E-state index is 10.7. The summed E-state index contributed by atoms with van der Waals surface area (Å²) in [5.74, 6) is 0.752. The van der Waals surface area contributed by atoms with Gasteiger partial charge in [0.15, 0.2) is 6.29 Å². The predicted octanol–water partition coefficient (Wildman–Crippen LogP) is 3.11. The van der Waals surface area contributed by atoms with Crippen LogP contribution in [-0.4, -0.2) is 13.4 Å². The van der Waals surface area contributed by atoms with Gasteiger partial charge in [0.25, 0.3) is 0 Å². The monoisotopic (exact) mass is 212 g/mol. The maximum Gasteiger partial charge on any atom is 0.151 e. The van der Waals surface area contributed by atoms with E-state index in [-0.39, 0.29) is 0 Å². The second-order valence-corrected chi connectivity index (χ2v) is 3.46. The molecule has 0 saturated carbocycles. The van der Waals surface area contributed by atoms with Crippen LogP contribution >= 0.6 is 11.6 Å². The molecular weight excluding hydrogens is 200 g/mol. The minimum Gasteiger partial charge on any atom is -0.496 e. The van der Waals surface area contributed by atoms with Gasteiger partial charge in [0.2, 0.25) is 0 Å². The Labute approximate surface area is 88.8 Å². The largest absolute Gasteiger partial charge is 0.496 e. The molecule has 0 bridgehead atoms. The first kappa shape index (κ1) is 11.1. The van der Waals surface area contributed by atoms with Crippen LogP contribution in [0.15, 0.2) is 12.1 Å². The first-order chi connectivity index (χ1) is 6.72. The lowest BCUT2D eigenvalue weighted by molar-refractivity contribution is 0.112. The Morgan fingerprint density at radius 3 is 2.71 bits per heavy atom. The van der Waals surface area contributed by atoms with Crippen LogP contribution in [0.25, 0.3) is 0 Å². The second kappa shape index (κ2) is 5.01. The molecule has 0 atom stereocenters. The summed E-state index contributed by atoms with van der Waals surface area (Å²) in [6, 6.07) is 3.48. The van der Waals surface area contributed by atoms with Crippen LogP contribution in [0.3, 0.4) is 0 Å². The normalized spacial score (nSPS) is 9.93. The molecule has 0 N–H and O–H groups in total. The molecule has 1 aromatic carbocycles. The Bertz CT molecular complexity index is 334. The summed E-state index contributed by atoms with van der Waals surface area (Å²) in [5.41, 5.74) is 1.55. The summed E-state index contributed by atoms with van der Waals surface area (Å²) in [7, 11) is 1.60. The van der Waals surface area contributed by atoms with Crippen molar-refractivity contribution in [2.24, 2.45) is 0 Å². The van der Waals surface area contributed by atoms with Gasteiger partial charge < -0.3 is 4.74 Å². The predicted molar refractivity (Wildman–Crippen MR) is 57.4 cm³/mol. The van der Waals surface area contributed by atoms with Crippen LogP contribution in [-0.2, 0) is 6.42 Å². The number of rotatable bonds is 4. The molecule has 0 amide bonds. The third kappa shape index (κ3) is 2.26. The SMILES string of the molecule is CCCc1cc(C=O)c(Cl)cc1OC. The van der Waals surface area contributed by atoms with Crippen molar-refractivity contribution in [1.29, 1.82) is 0 Å². The topological polar surface area (TPSA) is 26.3 Å². The molecule has 1 aromatic rings. The molecule has 0 fully saturated rings. The smallest absolute Gasteiger partial charge is 0.151 e. The third-order valence-corrected chi connectivity index (χ3v) is 2.37. The summed E-state index contributed by atoms with van der Waals surface area (Å²) in [6.45, 7) is 2.08. The lowest BCUT2D eigenvalue weighted by atomic mass is 10.1. The highest BCUT2D eigenvalue weighted by molar-refractivity contribution is 6.33. The standard InChI is InChI=1S/C11H13ClO2/c1-3-4-8-5-9(7-13)10(12)6-11(8)14-2/h5-7H,3-4H2,1-2H3. The zero-order valence-corrected chi connectivity index (χ0v) is 9.10. The summed E-state index contributed by atoms with van der Waals surface area (Å²) in [4.78, 5) is 10.7. The molecule has 3 heteroatoms. The maximum absolute atomic E-state index is 10.7. The number of aryl methyl sites for hydroxylation is 1. The van der Waals surface area contributed by atoms with E-state index < -0.39 is 0 Å². The molecule has 0 aromatic heterocycles. The molecule has 0 saturated heterocycles. The Balaban J connectivity index is 3.17. The van der Waals surface area contributed by atoms with Crippen LogP contribution in [0.1, 0.15) is 29.3 Å². The van der Waals surface area contributed by atoms with Crippen molar-refractivity contribution >= 4 is 17.9 Å². The fraction of sp³-hybridized carbons (Fsp3) is 0.364. The highest BCUT2D eigenvalue weighted by atomic mass is 35.5. The molecular formula is C11H13ClO2. The van der Waals surface area contributed by atoms with Gasteiger partial charge in [-0.1, -0.05) is 24.9 Å². The number of aldehydes is 1. The number of hydrogen-bond donors (Lipinski definition) is 0. The van der Waals surface area contributed by atoms with E-state index in [2.05, 4.69) is 6.92 Å². The van der Waals surface area contributed by atoms with Gasteiger partial charge in [-0.05, 0) is 24.1 Å². The number of halogens is 1. The molecule has 76 valence electrons. The van der Waals surface area contributed by atoms with Gasteiger partial charge in [-0.25, -0.2) is 0 Å². The van der Waals surface area contributed by atoms with E-state index in [1.54, 1.807) is 19.2 Å². The molecule has 0 heterocycles. The molecule has 0 unspecified atom stereocenters. The van der Waals surface area contributed by atoms with Gasteiger partial charge in [-0.2, -0.15) is 0 Å². The minimum absolute atomic E-state index is 0.441. The summed E-state index contributed by atoms with van der Waals surface area (Å²) < 4.78 is 5.18. The minimum atomic E-state index is 0.441. The van der Waals surface area contributed by atoms with Crippen LogP contribution in [0.5, 0.6) is 5.75 Å². The average molecular weight is 213 g/mol. The fourth-order valence-corrected chi connectivity index (χ4v) is 1.56. The third-order valence-electron chi connectivity index (χ3n) is 2.05. The van der Waals surface area contributed by atoms with Crippen molar-refractivity contribution in [3.63, 3.8) is 0 Å². The summed E-state index contributed by atoms with van der Waals surface area (Å²) >= 11 is 5.87. The molecule has 2 nitrogen and oxygen atoms in total. The number of ether oxygens (including phenoxy) is 1. The van der Waals surface area contributed by atoms with Crippen LogP contribution < -0.4 is 4.74 Å². The van der Waals surface area contributed by atoms with Gasteiger partial charge in [-0.3, -0.25) is 4.79 Å². The highest BCUT2D eigenvalue weighted by Crippen LogP contribution is 2.27. The van der Waals surface area contributed by atoms with Crippen LogP contribution in [0.4, 0.5) is 0 Å². The van der Waals surface area contributed by atoms with Crippen LogP contribution in [0, 0.1) is 0 Å². The van der Waals surface area contributed by atoms with E-state index in [4.69, 9.17) is 16.3 Å². The number of carbonyl (C=O) groups is 1. The highest BCUT2D eigenvalue weighted by Gasteiger charge is 2.07. The Morgan fingerprint density at radius 2 is 2.21 bits per heavy atom. The average Bonchev–Trinajstić information content (AvgIpc) is 2.20. The molecule has 0 radical (unpaired) electrons. The van der Waals surface area contributed by atoms with Crippen molar-refractivity contribution in [2.45, 2.75) is 19.8 Å². The number of hydrogen-bond acceptors (Lipinski definition) is 2. The van der Waals surface area contributed by atoms with Gasteiger partial charge in [0.1, 0.15) is 5.75 Å². The Kier molecular flexibility index (Phi) is 3.96. The zero-order chi connectivity index (χ0) is 10.6. The van der Waals surface area contributed by atoms with E-state index in [1.807, 2.05) is 0 Å². The molecule has 14 heavy (non-hydrogen) atoms. The lowest BCUT2D eigenvalue weighted by Crippen LogP contribution is -1.94. The Hall–Kier alpha value is -1.02. The van der Waals surface area contributed by atoms with Crippen LogP contribution in [0.2, 0.25) is 5.02 Å².